The molecule has 2 heterocycles. The number of hydrogen-bond acceptors (Lipinski definition) is 8. The second kappa shape index (κ2) is 7.26. The van der Waals surface area contributed by atoms with Gasteiger partial charge >= 0.3 is 6.09 Å². The van der Waals surface area contributed by atoms with E-state index in [1.54, 1.807) is 17.0 Å². The van der Waals surface area contributed by atoms with Gasteiger partial charge in [0.25, 0.3) is 0 Å². The first-order valence-corrected chi connectivity index (χ1v) is 7.78. The third kappa shape index (κ3) is 3.74. The van der Waals surface area contributed by atoms with Crippen LogP contribution in [0.1, 0.15) is 0 Å². The zero-order valence-electron chi connectivity index (χ0n) is 13.5. The van der Waals surface area contributed by atoms with Gasteiger partial charge in [-0.15, -0.1) is 0 Å². The topological polar surface area (TPSA) is 112 Å². The Morgan fingerprint density at radius 3 is 3.04 bits per heavy atom. The van der Waals surface area contributed by atoms with E-state index in [1.807, 2.05) is 0 Å². The molecule has 10 heteroatoms. The lowest BCUT2D eigenvalue weighted by Crippen LogP contribution is -2.36. The molecule has 25 heavy (non-hydrogen) atoms. The molecule has 1 fully saturated rings. The number of cyclic esters (lactones) is 1. The van der Waals surface area contributed by atoms with Gasteiger partial charge in [0, 0.05) is 18.9 Å². The molecular formula is C15H20FN7O2. The first kappa shape index (κ1) is 16.8. The minimum absolute atomic E-state index is 0.277. The van der Waals surface area contributed by atoms with Crippen LogP contribution in [0.25, 0.3) is 0 Å². The van der Waals surface area contributed by atoms with Crippen molar-refractivity contribution < 1.29 is 13.9 Å². The Morgan fingerprint density at radius 1 is 1.52 bits per heavy atom. The molecule has 1 aromatic carbocycles. The van der Waals surface area contributed by atoms with Gasteiger partial charge in [0.2, 0.25) is 0 Å². The first-order valence-electron chi connectivity index (χ1n) is 7.78. The number of nitrogens with one attached hydrogen (secondary N) is 1. The van der Waals surface area contributed by atoms with Crippen LogP contribution in [0.3, 0.4) is 0 Å². The Labute approximate surface area is 144 Å². The molecule has 3 rings (SSSR count). The van der Waals surface area contributed by atoms with Crippen LogP contribution in [0, 0.1) is 5.82 Å². The van der Waals surface area contributed by atoms with Gasteiger partial charge in [0.05, 0.1) is 31.0 Å². The van der Waals surface area contributed by atoms with Gasteiger partial charge in [-0.05, 0) is 18.2 Å². The van der Waals surface area contributed by atoms with Crippen LogP contribution >= 0.6 is 0 Å². The summed E-state index contributed by atoms with van der Waals surface area (Å²) in [6.07, 6.45) is 3.33. The summed E-state index contributed by atoms with van der Waals surface area (Å²) in [5.41, 5.74) is 8.90. The molecule has 1 aromatic rings. The van der Waals surface area contributed by atoms with Crippen molar-refractivity contribution in [2.75, 3.05) is 36.0 Å². The molecule has 0 aliphatic carbocycles. The fourth-order valence-electron chi connectivity index (χ4n) is 2.72. The maximum atomic E-state index is 14.5. The highest BCUT2D eigenvalue weighted by atomic mass is 19.1. The van der Waals surface area contributed by atoms with E-state index in [2.05, 4.69) is 10.5 Å². The number of rotatable bonds is 5. The molecular weight excluding hydrogens is 329 g/mol. The number of halogens is 1. The van der Waals surface area contributed by atoms with Crippen LogP contribution in [-0.2, 0) is 4.74 Å². The largest absolute Gasteiger partial charge is 0.442 e. The van der Waals surface area contributed by atoms with Crippen molar-refractivity contribution in [1.29, 1.82) is 0 Å². The fraction of sp³-hybridized carbons (Fsp3) is 0.333. The van der Waals surface area contributed by atoms with Crippen molar-refractivity contribution in [2.45, 2.75) is 6.10 Å². The Kier molecular flexibility index (Phi) is 4.89. The summed E-state index contributed by atoms with van der Waals surface area (Å²) in [6.45, 7) is 1.80. The Morgan fingerprint density at radius 2 is 2.36 bits per heavy atom. The van der Waals surface area contributed by atoms with Gasteiger partial charge in [0.15, 0.2) is 0 Å². The number of carbonyl (C=O) groups is 1. The predicted octanol–water partition coefficient (Wildman–Crippen LogP) is 0.109. The summed E-state index contributed by atoms with van der Waals surface area (Å²) in [7, 11) is 0. The monoisotopic (exact) mass is 349 g/mol. The number of nitrogens with zero attached hydrogens (tertiary/aromatic N) is 4. The molecule has 0 saturated carbocycles. The van der Waals surface area contributed by atoms with Crippen LogP contribution in [-0.4, -0.2) is 49.7 Å². The molecule has 0 bridgehead atoms. The number of nitrogens with two attached hydrogens (primary N) is 2. The molecule has 2 aliphatic rings. The number of anilines is 2. The predicted molar refractivity (Wildman–Crippen MR) is 92.1 cm³/mol. The van der Waals surface area contributed by atoms with Crippen molar-refractivity contribution >= 4 is 23.8 Å². The zero-order valence-corrected chi connectivity index (χ0v) is 13.5. The van der Waals surface area contributed by atoms with Gasteiger partial charge in [0.1, 0.15) is 18.3 Å². The first-order chi connectivity index (χ1) is 12.1. The van der Waals surface area contributed by atoms with Crippen LogP contribution in [0.15, 0.2) is 35.7 Å². The Bertz CT molecular complexity index is 696. The summed E-state index contributed by atoms with van der Waals surface area (Å²) in [4.78, 5) is 15.1. The molecule has 9 nitrogen and oxygen atoms in total. The molecule has 0 aromatic heterocycles. The maximum Gasteiger partial charge on any atom is 0.414 e. The Hall–Kier alpha value is -3.01. The molecule has 1 atom stereocenters. The lowest BCUT2D eigenvalue weighted by Gasteiger charge is -2.24. The number of hydrazone groups is 1. The molecule has 1 saturated heterocycles. The minimum Gasteiger partial charge on any atom is -0.442 e. The molecule has 0 radical (unpaired) electrons. The van der Waals surface area contributed by atoms with Crippen molar-refractivity contribution in [3.63, 3.8) is 0 Å². The third-order valence-electron chi connectivity index (χ3n) is 3.87. The number of hydrogen-bond donors (Lipinski definition) is 3. The molecule has 134 valence electrons. The summed E-state index contributed by atoms with van der Waals surface area (Å²) in [5, 5.41) is 5.24. The van der Waals surface area contributed by atoms with Gasteiger partial charge < -0.3 is 25.8 Å². The average molecular weight is 349 g/mol. The van der Waals surface area contributed by atoms with E-state index < -0.39 is 18.0 Å². The van der Waals surface area contributed by atoms with Gasteiger partial charge in [-0.1, -0.05) is 0 Å². The van der Waals surface area contributed by atoms with Gasteiger partial charge in [-0.2, -0.15) is 5.10 Å². The van der Waals surface area contributed by atoms with E-state index in [-0.39, 0.29) is 13.1 Å². The quantitative estimate of drug-likeness (QED) is 0.511. The second-order valence-electron chi connectivity index (χ2n) is 5.64. The SMILES string of the molecule is N/C=C\N(N)CC1CN(c2ccc(N3C=NNCC3)c(F)c2)C(=O)O1. The van der Waals surface area contributed by atoms with Crippen LogP contribution < -0.4 is 26.8 Å². The maximum absolute atomic E-state index is 14.5. The van der Waals surface area contributed by atoms with Crippen LogP contribution in [0.5, 0.6) is 0 Å². The molecule has 1 unspecified atom stereocenters. The highest BCUT2D eigenvalue weighted by Crippen LogP contribution is 2.27. The number of benzene rings is 1. The molecule has 2 aliphatic heterocycles. The van der Waals surface area contributed by atoms with Crippen molar-refractivity contribution in [2.24, 2.45) is 16.7 Å². The third-order valence-corrected chi connectivity index (χ3v) is 3.87. The lowest BCUT2D eigenvalue weighted by atomic mass is 10.2. The van der Waals surface area contributed by atoms with E-state index in [0.717, 1.165) is 0 Å². The zero-order chi connectivity index (χ0) is 17.8. The van der Waals surface area contributed by atoms with Crippen molar-refractivity contribution in [1.82, 2.24) is 10.4 Å². The normalized spacial score (nSPS) is 20.1. The van der Waals surface area contributed by atoms with E-state index >= 15 is 0 Å². The summed E-state index contributed by atoms with van der Waals surface area (Å²) in [6, 6.07) is 4.61. The van der Waals surface area contributed by atoms with Crippen molar-refractivity contribution in [3.05, 3.63) is 36.4 Å². The van der Waals surface area contributed by atoms with E-state index in [9.17, 15) is 9.18 Å². The van der Waals surface area contributed by atoms with E-state index in [1.165, 1.54) is 34.7 Å². The Balaban J connectivity index is 1.71. The smallest absolute Gasteiger partial charge is 0.414 e. The van der Waals surface area contributed by atoms with Crippen LogP contribution in [0.4, 0.5) is 20.6 Å². The van der Waals surface area contributed by atoms with E-state index in [0.29, 0.717) is 24.5 Å². The average Bonchev–Trinajstić information content (AvgIpc) is 2.96. The minimum atomic E-state index is -0.536. The van der Waals surface area contributed by atoms with Crippen LogP contribution in [0.2, 0.25) is 0 Å². The number of ether oxygens (including phenoxy) is 1. The summed E-state index contributed by atoms with van der Waals surface area (Å²) < 4.78 is 19.7. The highest BCUT2D eigenvalue weighted by Gasteiger charge is 2.33. The highest BCUT2D eigenvalue weighted by molar-refractivity contribution is 5.90. The standard InChI is InChI=1S/C15H20FN7O2/c16-13-7-11(1-2-14(13)21-6-4-19-20-10-21)23-9-12(25-15(23)24)8-22(18)5-3-17/h1-3,5,7,10,12,19H,4,6,8-9,17-18H2/b5-3-. The second-order valence-corrected chi connectivity index (χ2v) is 5.64. The molecule has 5 N–H and O–H groups in total. The van der Waals surface area contributed by atoms with Gasteiger partial charge in [-0.3, -0.25) is 4.90 Å². The number of carbonyl (C=O) groups excluding carboxylic acids is 1. The fourth-order valence-corrected chi connectivity index (χ4v) is 2.72. The van der Waals surface area contributed by atoms with E-state index in [4.69, 9.17) is 16.3 Å². The summed E-state index contributed by atoms with van der Waals surface area (Å²) >= 11 is 0. The molecule has 0 spiro atoms. The lowest BCUT2D eigenvalue weighted by molar-refractivity contribution is 0.122. The number of amides is 1. The summed E-state index contributed by atoms with van der Waals surface area (Å²) in [5.74, 6) is 5.26. The molecule has 1 amide bonds. The number of hydrazine groups is 1. The van der Waals surface area contributed by atoms with Crippen molar-refractivity contribution in [3.8, 4) is 0 Å². The van der Waals surface area contributed by atoms with Gasteiger partial charge in [-0.25, -0.2) is 15.0 Å².